The first-order chi connectivity index (χ1) is 12.8. The molecular weight excluding hydrogens is 389 g/mol. The molecule has 1 fully saturated rings. The van der Waals surface area contributed by atoms with E-state index in [1.807, 2.05) is 6.07 Å². The molecule has 1 aliphatic heterocycles. The van der Waals surface area contributed by atoms with Gasteiger partial charge in [0.05, 0.1) is 0 Å². The van der Waals surface area contributed by atoms with Gasteiger partial charge in [0.2, 0.25) is 5.91 Å². The van der Waals surface area contributed by atoms with Gasteiger partial charge in [-0.15, -0.1) is 0 Å². The van der Waals surface area contributed by atoms with Gasteiger partial charge < -0.3 is 10.6 Å². The van der Waals surface area contributed by atoms with Crippen molar-refractivity contribution < 1.29 is 14.4 Å². The largest absolute Gasteiger partial charge is 0.350 e. The molecule has 1 saturated heterocycles. The number of rotatable bonds is 5. The summed E-state index contributed by atoms with van der Waals surface area (Å²) in [5.74, 6) is -0.938. The Morgan fingerprint density at radius 2 is 1.81 bits per heavy atom. The number of halogens is 2. The highest BCUT2D eigenvalue weighted by molar-refractivity contribution is 6.30. The number of imide groups is 1. The highest BCUT2D eigenvalue weighted by Gasteiger charge is 2.49. The van der Waals surface area contributed by atoms with Crippen LogP contribution >= 0.6 is 23.2 Å². The fraction of sp³-hybridized carbons (Fsp3) is 0.211. The Labute approximate surface area is 166 Å². The van der Waals surface area contributed by atoms with Crippen LogP contribution in [0.25, 0.3) is 0 Å². The minimum absolute atomic E-state index is 0.248. The summed E-state index contributed by atoms with van der Waals surface area (Å²) in [6.07, 6.45) is 0. The summed E-state index contributed by atoms with van der Waals surface area (Å²) in [4.78, 5) is 38.2. The summed E-state index contributed by atoms with van der Waals surface area (Å²) in [5, 5.41) is 6.42. The molecule has 140 valence electrons. The van der Waals surface area contributed by atoms with Crippen LogP contribution < -0.4 is 10.6 Å². The zero-order chi connectivity index (χ0) is 19.6. The van der Waals surface area contributed by atoms with E-state index in [1.54, 1.807) is 49.4 Å². The Morgan fingerprint density at radius 1 is 1.11 bits per heavy atom. The fourth-order valence-electron chi connectivity index (χ4n) is 2.87. The summed E-state index contributed by atoms with van der Waals surface area (Å²) < 4.78 is 0. The predicted octanol–water partition coefficient (Wildman–Crippen LogP) is 3.08. The lowest BCUT2D eigenvalue weighted by Gasteiger charge is -2.22. The number of carbonyl (C=O) groups excluding carboxylic acids is 3. The monoisotopic (exact) mass is 405 g/mol. The van der Waals surface area contributed by atoms with Gasteiger partial charge in [0, 0.05) is 16.6 Å². The van der Waals surface area contributed by atoms with Crippen molar-refractivity contribution in [2.24, 2.45) is 0 Å². The number of nitrogens with zero attached hydrogens (tertiary/aromatic N) is 1. The average Bonchev–Trinajstić information content (AvgIpc) is 2.85. The average molecular weight is 406 g/mol. The predicted molar refractivity (Wildman–Crippen MR) is 102 cm³/mol. The highest BCUT2D eigenvalue weighted by atomic mass is 35.5. The number of carbonyl (C=O) groups is 3. The Balaban J connectivity index is 1.66. The van der Waals surface area contributed by atoms with Crippen molar-refractivity contribution in [3.63, 3.8) is 0 Å². The van der Waals surface area contributed by atoms with Gasteiger partial charge in [-0.05, 0) is 42.3 Å². The lowest BCUT2D eigenvalue weighted by Crippen LogP contribution is -2.43. The van der Waals surface area contributed by atoms with Crippen LogP contribution in [0.5, 0.6) is 0 Å². The van der Waals surface area contributed by atoms with E-state index in [-0.39, 0.29) is 13.1 Å². The molecule has 3 rings (SSSR count). The van der Waals surface area contributed by atoms with Gasteiger partial charge in [-0.25, -0.2) is 4.79 Å². The topological polar surface area (TPSA) is 78.5 Å². The molecule has 0 radical (unpaired) electrons. The molecule has 1 unspecified atom stereocenters. The van der Waals surface area contributed by atoms with Crippen molar-refractivity contribution in [1.29, 1.82) is 0 Å². The standard InChI is InChI=1S/C19H17Cl2N3O3/c1-19(13-5-7-14(20)8-6-13)17(26)24(18(27)23-19)11-16(25)22-10-12-3-2-4-15(21)9-12/h2-9H,10-11H2,1H3,(H,22,25)(H,23,27). The van der Waals surface area contributed by atoms with Crippen molar-refractivity contribution in [2.75, 3.05) is 6.54 Å². The molecule has 4 amide bonds. The first-order valence-corrected chi connectivity index (χ1v) is 8.96. The van der Waals surface area contributed by atoms with E-state index in [0.29, 0.717) is 15.6 Å². The van der Waals surface area contributed by atoms with E-state index in [2.05, 4.69) is 10.6 Å². The number of benzene rings is 2. The van der Waals surface area contributed by atoms with E-state index in [1.165, 1.54) is 0 Å². The van der Waals surface area contributed by atoms with Gasteiger partial charge >= 0.3 is 6.03 Å². The molecule has 1 aliphatic rings. The Hall–Kier alpha value is -2.57. The third kappa shape index (κ3) is 4.07. The summed E-state index contributed by atoms with van der Waals surface area (Å²) in [6.45, 7) is 1.48. The molecule has 2 aromatic carbocycles. The highest BCUT2D eigenvalue weighted by Crippen LogP contribution is 2.29. The summed E-state index contributed by atoms with van der Waals surface area (Å²) >= 11 is 11.8. The first-order valence-electron chi connectivity index (χ1n) is 8.21. The lowest BCUT2D eigenvalue weighted by molar-refractivity contribution is -0.134. The minimum Gasteiger partial charge on any atom is -0.350 e. The molecule has 0 aromatic heterocycles. The molecule has 0 bridgehead atoms. The van der Waals surface area contributed by atoms with E-state index in [4.69, 9.17) is 23.2 Å². The normalized spacial score (nSPS) is 19.1. The van der Waals surface area contributed by atoms with Gasteiger partial charge in [-0.3, -0.25) is 14.5 Å². The Kier molecular flexibility index (Phi) is 5.39. The van der Waals surface area contributed by atoms with Gasteiger partial charge in [-0.1, -0.05) is 47.5 Å². The molecule has 0 aliphatic carbocycles. The van der Waals surface area contributed by atoms with Crippen LogP contribution in [0.1, 0.15) is 18.1 Å². The van der Waals surface area contributed by atoms with Crippen LogP contribution in [-0.4, -0.2) is 29.3 Å². The Morgan fingerprint density at radius 3 is 2.48 bits per heavy atom. The Bertz CT molecular complexity index is 901. The quantitative estimate of drug-likeness (QED) is 0.750. The zero-order valence-corrected chi connectivity index (χ0v) is 16.0. The molecule has 0 saturated carbocycles. The molecule has 2 N–H and O–H groups in total. The number of hydrogen-bond donors (Lipinski definition) is 2. The molecule has 2 aromatic rings. The molecule has 1 heterocycles. The van der Waals surface area contributed by atoms with Crippen LogP contribution in [0.3, 0.4) is 0 Å². The molecule has 8 heteroatoms. The second-order valence-corrected chi connectivity index (χ2v) is 7.23. The van der Waals surface area contributed by atoms with Crippen molar-refractivity contribution in [3.8, 4) is 0 Å². The number of nitrogens with one attached hydrogen (secondary N) is 2. The van der Waals surface area contributed by atoms with Gasteiger partial charge in [0.25, 0.3) is 5.91 Å². The third-order valence-electron chi connectivity index (χ3n) is 4.38. The maximum absolute atomic E-state index is 12.8. The van der Waals surface area contributed by atoms with Gasteiger partial charge in [0.15, 0.2) is 0 Å². The van der Waals surface area contributed by atoms with Crippen LogP contribution in [0, 0.1) is 0 Å². The van der Waals surface area contributed by atoms with Crippen molar-refractivity contribution in [3.05, 3.63) is 69.7 Å². The van der Waals surface area contributed by atoms with Crippen LogP contribution in [0.2, 0.25) is 10.0 Å². The zero-order valence-electron chi connectivity index (χ0n) is 14.5. The maximum Gasteiger partial charge on any atom is 0.325 e. The van der Waals surface area contributed by atoms with E-state index >= 15 is 0 Å². The molecule has 6 nitrogen and oxygen atoms in total. The fourth-order valence-corrected chi connectivity index (χ4v) is 3.21. The molecule has 0 spiro atoms. The van der Waals surface area contributed by atoms with Gasteiger partial charge in [0.1, 0.15) is 12.1 Å². The van der Waals surface area contributed by atoms with Crippen molar-refractivity contribution in [2.45, 2.75) is 19.0 Å². The molecule has 1 atom stereocenters. The van der Waals surface area contributed by atoms with Gasteiger partial charge in [-0.2, -0.15) is 0 Å². The maximum atomic E-state index is 12.8. The van der Waals surface area contributed by atoms with E-state index < -0.39 is 23.4 Å². The lowest BCUT2D eigenvalue weighted by atomic mass is 9.92. The van der Waals surface area contributed by atoms with Crippen LogP contribution in [-0.2, 0) is 21.7 Å². The number of urea groups is 1. The minimum atomic E-state index is -1.24. The second kappa shape index (κ2) is 7.58. The molecule has 27 heavy (non-hydrogen) atoms. The summed E-state index contributed by atoms with van der Waals surface area (Å²) in [5.41, 5.74) is 0.167. The smallest absolute Gasteiger partial charge is 0.325 e. The van der Waals surface area contributed by atoms with E-state index in [0.717, 1.165) is 10.5 Å². The summed E-state index contributed by atoms with van der Waals surface area (Å²) in [6, 6.07) is 13.1. The SMILES string of the molecule is CC1(c2ccc(Cl)cc2)NC(=O)N(CC(=O)NCc2cccc(Cl)c2)C1=O. The van der Waals surface area contributed by atoms with E-state index in [9.17, 15) is 14.4 Å². The number of hydrogen-bond acceptors (Lipinski definition) is 3. The second-order valence-electron chi connectivity index (χ2n) is 6.36. The third-order valence-corrected chi connectivity index (χ3v) is 4.86. The molecular formula is C19H17Cl2N3O3. The van der Waals surface area contributed by atoms with Crippen molar-refractivity contribution >= 4 is 41.0 Å². The number of amides is 4. The van der Waals surface area contributed by atoms with Crippen LogP contribution in [0.4, 0.5) is 4.79 Å². The summed E-state index contributed by atoms with van der Waals surface area (Å²) in [7, 11) is 0. The van der Waals surface area contributed by atoms with Crippen molar-refractivity contribution in [1.82, 2.24) is 15.5 Å². The van der Waals surface area contributed by atoms with Crippen LogP contribution in [0.15, 0.2) is 48.5 Å². The first kappa shape index (κ1) is 19.2.